The summed E-state index contributed by atoms with van der Waals surface area (Å²) in [4.78, 5) is 4.32. The summed E-state index contributed by atoms with van der Waals surface area (Å²) in [6.45, 7) is 5.95. The standard InChI is InChI=1S/C13H17ClN6O2S/c1-8-7-9(2)20(16-8)13-15-5-6-19(13)23(21,22)11-10(3)17-18(4)12(11)14/h7H,5-6H2,1-4H3. The number of aryl methyl sites for hydroxylation is 4. The number of hydrogen-bond donors (Lipinski definition) is 0. The first-order valence-electron chi connectivity index (χ1n) is 7.03. The zero-order chi connectivity index (χ0) is 16.9. The van der Waals surface area contributed by atoms with Gasteiger partial charge in [-0.3, -0.25) is 4.68 Å². The normalized spacial score (nSPS) is 15.3. The van der Waals surface area contributed by atoms with Crippen LogP contribution in [0.15, 0.2) is 16.0 Å². The van der Waals surface area contributed by atoms with Gasteiger partial charge in [-0.2, -0.15) is 10.2 Å². The minimum absolute atomic E-state index is 0.0118. The second-order valence-electron chi connectivity index (χ2n) is 5.43. The van der Waals surface area contributed by atoms with Gasteiger partial charge in [-0.15, -0.1) is 0 Å². The lowest BCUT2D eigenvalue weighted by Gasteiger charge is -2.20. The van der Waals surface area contributed by atoms with Crippen molar-refractivity contribution in [1.82, 2.24) is 23.9 Å². The van der Waals surface area contributed by atoms with E-state index in [2.05, 4.69) is 15.2 Å². The predicted octanol–water partition coefficient (Wildman–Crippen LogP) is 1.10. The van der Waals surface area contributed by atoms with Crippen molar-refractivity contribution in [3.8, 4) is 0 Å². The summed E-state index contributed by atoms with van der Waals surface area (Å²) in [6, 6.07) is 1.87. The van der Waals surface area contributed by atoms with Crippen molar-refractivity contribution in [1.29, 1.82) is 0 Å². The average molecular weight is 357 g/mol. The maximum atomic E-state index is 13.1. The molecule has 0 aliphatic carbocycles. The molecule has 23 heavy (non-hydrogen) atoms. The lowest BCUT2D eigenvalue weighted by Crippen LogP contribution is -2.39. The van der Waals surface area contributed by atoms with Crippen molar-refractivity contribution < 1.29 is 8.42 Å². The molecule has 0 atom stereocenters. The van der Waals surface area contributed by atoms with Gasteiger partial charge in [0.15, 0.2) is 0 Å². The third kappa shape index (κ3) is 2.43. The van der Waals surface area contributed by atoms with Gasteiger partial charge >= 0.3 is 0 Å². The Bertz CT molecular complexity index is 911. The third-order valence-corrected chi connectivity index (χ3v) is 6.10. The van der Waals surface area contributed by atoms with E-state index in [1.807, 2.05) is 19.9 Å². The number of aliphatic imine (C=N–C) groups is 1. The van der Waals surface area contributed by atoms with Crippen LogP contribution in [0.25, 0.3) is 0 Å². The molecule has 0 fully saturated rings. The maximum Gasteiger partial charge on any atom is 0.271 e. The first kappa shape index (κ1) is 16.0. The number of sulfonamides is 1. The Morgan fingerprint density at radius 1 is 1.22 bits per heavy atom. The first-order chi connectivity index (χ1) is 10.7. The molecule has 3 rings (SSSR count). The van der Waals surface area contributed by atoms with E-state index in [4.69, 9.17) is 11.6 Å². The lowest BCUT2D eigenvalue weighted by molar-refractivity contribution is 0.529. The molecule has 124 valence electrons. The molecule has 2 aromatic rings. The molecule has 0 N–H and O–H groups in total. The molecule has 3 heterocycles. The van der Waals surface area contributed by atoms with Crippen LogP contribution in [0.2, 0.25) is 5.15 Å². The van der Waals surface area contributed by atoms with Crippen LogP contribution in [0.4, 0.5) is 0 Å². The quantitative estimate of drug-likeness (QED) is 0.806. The molecular formula is C13H17ClN6O2S. The first-order valence-corrected chi connectivity index (χ1v) is 8.85. The summed E-state index contributed by atoms with van der Waals surface area (Å²) in [7, 11) is -2.25. The zero-order valence-electron chi connectivity index (χ0n) is 13.3. The van der Waals surface area contributed by atoms with Crippen LogP contribution in [0.1, 0.15) is 17.1 Å². The van der Waals surface area contributed by atoms with Gasteiger partial charge in [-0.05, 0) is 26.8 Å². The average Bonchev–Trinajstić information content (AvgIpc) is 3.10. The molecule has 0 saturated heterocycles. The smallest absolute Gasteiger partial charge is 0.255 e. The van der Waals surface area contributed by atoms with Crippen molar-refractivity contribution in [2.24, 2.45) is 12.0 Å². The molecule has 0 amide bonds. The zero-order valence-corrected chi connectivity index (χ0v) is 14.8. The lowest BCUT2D eigenvalue weighted by atomic mass is 10.4. The highest BCUT2D eigenvalue weighted by atomic mass is 35.5. The summed E-state index contributed by atoms with van der Waals surface area (Å²) in [5.74, 6) is 0.287. The van der Waals surface area contributed by atoms with Crippen LogP contribution >= 0.6 is 11.6 Å². The number of nitrogens with zero attached hydrogens (tertiary/aromatic N) is 6. The van der Waals surface area contributed by atoms with Crippen molar-refractivity contribution in [3.05, 3.63) is 28.3 Å². The minimum Gasteiger partial charge on any atom is -0.255 e. The van der Waals surface area contributed by atoms with Crippen molar-refractivity contribution in [3.63, 3.8) is 0 Å². The van der Waals surface area contributed by atoms with E-state index >= 15 is 0 Å². The summed E-state index contributed by atoms with van der Waals surface area (Å²) < 4.78 is 30.2. The number of halogens is 1. The molecule has 0 radical (unpaired) electrons. The van der Waals surface area contributed by atoms with Crippen LogP contribution in [0, 0.1) is 20.8 Å². The number of hydrogen-bond acceptors (Lipinski definition) is 5. The SMILES string of the molecule is Cc1cc(C)n(C2=NCCN2S(=O)(=O)c2c(C)nn(C)c2Cl)n1. The molecule has 0 spiro atoms. The molecule has 8 nitrogen and oxygen atoms in total. The van der Waals surface area contributed by atoms with E-state index in [9.17, 15) is 8.42 Å². The van der Waals surface area contributed by atoms with Crippen LogP contribution in [0.3, 0.4) is 0 Å². The summed E-state index contributed by atoms with van der Waals surface area (Å²) in [5.41, 5.74) is 1.97. The number of aromatic nitrogens is 4. The summed E-state index contributed by atoms with van der Waals surface area (Å²) in [6.07, 6.45) is 0. The Morgan fingerprint density at radius 2 is 1.91 bits per heavy atom. The maximum absolute atomic E-state index is 13.1. The van der Waals surface area contributed by atoms with Crippen molar-refractivity contribution in [2.75, 3.05) is 13.1 Å². The Morgan fingerprint density at radius 3 is 2.43 bits per heavy atom. The topological polar surface area (TPSA) is 85.4 Å². The molecule has 1 aliphatic heterocycles. The molecule has 0 bridgehead atoms. The minimum atomic E-state index is -3.86. The van der Waals surface area contributed by atoms with Gasteiger partial charge in [-0.1, -0.05) is 11.6 Å². The van der Waals surface area contributed by atoms with Gasteiger partial charge < -0.3 is 0 Å². The van der Waals surface area contributed by atoms with E-state index in [0.717, 1.165) is 11.4 Å². The molecule has 2 aromatic heterocycles. The molecule has 0 saturated carbocycles. The van der Waals surface area contributed by atoms with E-state index in [0.29, 0.717) is 12.2 Å². The third-order valence-electron chi connectivity index (χ3n) is 3.63. The van der Waals surface area contributed by atoms with Gasteiger partial charge in [0.2, 0.25) is 5.96 Å². The van der Waals surface area contributed by atoms with E-state index < -0.39 is 10.0 Å². The van der Waals surface area contributed by atoms with Crippen LogP contribution < -0.4 is 0 Å². The van der Waals surface area contributed by atoms with E-state index in [1.165, 1.54) is 8.99 Å². The van der Waals surface area contributed by atoms with Crippen molar-refractivity contribution >= 4 is 27.6 Å². The van der Waals surface area contributed by atoms with Gasteiger partial charge in [-0.25, -0.2) is 22.4 Å². The van der Waals surface area contributed by atoms with Crippen LogP contribution in [0.5, 0.6) is 0 Å². The largest absolute Gasteiger partial charge is 0.271 e. The molecule has 1 aliphatic rings. The van der Waals surface area contributed by atoms with Gasteiger partial charge in [0, 0.05) is 12.7 Å². The highest BCUT2D eigenvalue weighted by Crippen LogP contribution is 2.29. The molecule has 0 unspecified atom stereocenters. The Labute approximate surface area is 139 Å². The second-order valence-corrected chi connectivity index (χ2v) is 7.58. The number of rotatable bonds is 2. The summed E-state index contributed by atoms with van der Waals surface area (Å²) in [5, 5.41) is 8.50. The highest BCUT2D eigenvalue weighted by Gasteiger charge is 2.37. The second kappa shape index (κ2) is 5.34. The van der Waals surface area contributed by atoms with Gasteiger partial charge in [0.05, 0.1) is 24.5 Å². The fourth-order valence-corrected chi connectivity index (χ4v) is 4.78. The van der Waals surface area contributed by atoms with Gasteiger partial charge in [0.25, 0.3) is 10.0 Å². The highest BCUT2D eigenvalue weighted by molar-refractivity contribution is 7.89. The predicted molar refractivity (Wildman–Crippen MR) is 86.2 cm³/mol. The Balaban J connectivity index is 2.10. The monoisotopic (exact) mass is 356 g/mol. The fraction of sp³-hybridized carbons (Fsp3) is 0.462. The fourth-order valence-electron chi connectivity index (χ4n) is 2.67. The molecule has 0 aromatic carbocycles. The van der Waals surface area contributed by atoms with Crippen molar-refractivity contribution in [2.45, 2.75) is 25.7 Å². The molecular weight excluding hydrogens is 340 g/mol. The van der Waals surface area contributed by atoms with Crippen LogP contribution in [-0.2, 0) is 17.1 Å². The van der Waals surface area contributed by atoms with E-state index in [1.54, 1.807) is 18.7 Å². The van der Waals surface area contributed by atoms with Crippen LogP contribution in [-0.4, -0.2) is 51.3 Å². The summed E-state index contributed by atoms with van der Waals surface area (Å²) >= 11 is 6.14. The van der Waals surface area contributed by atoms with E-state index in [-0.39, 0.29) is 22.6 Å². The van der Waals surface area contributed by atoms with Gasteiger partial charge in [0.1, 0.15) is 10.0 Å². The Hall–Kier alpha value is -1.87. The molecule has 10 heteroatoms. The Kier molecular flexibility index (Phi) is 3.72.